The van der Waals surface area contributed by atoms with Gasteiger partial charge in [0.05, 0.1) is 0 Å². The maximum absolute atomic E-state index is 9.44. The number of aryl methyl sites for hydroxylation is 1. The van der Waals surface area contributed by atoms with Crippen molar-refractivity contribution >= 4 is 0 Å². The van der Waals surface area contributed by atoms with Crippen molar-refractivity contribution in [3.8, 4) is 11.5 Å². The molecule has 2 heteroatoms. The van der Waals surface area contributed by atoms with E-state index in [1.807, 2.05) is 20.8 Å². The predicted octanol–water partition coefficient (Wildman–Crippen LogP) is 4.12. The van der Waals surface area contributed by atoms with Crippen molar-refractivity contribution < 1.29 is 9.84 Å². The highest BCUT2D eigenvalue weighted by atomic mass is 16.5. The van der Waals surface area contributed by atoms with Crippen molar-refractivity contribution in [2.24, 2.45) is 0 Å². The molecule has 1 rings (SSSR count). The van der Waals surface area contributed by atoms with E-state index in [2.05, 4.69) is 13.2 Å². The van der Waals surface area contributed by atoms with Crippen LogP contribution in [0.4, 0.5) is 0 Å². The molecule has 2 nitrogen and oxygen atoms in total. The van der Waals surface area contributed by atoms with Crippen LogP contribution < -0.4 is 4.74 Å². The van der Waals surface area contributed by atoms with E-state index in [9.17, 15) is 5.11 Å². The minimum absolute atomic E-state index is 0.263. The molecule has 0 amide bonds. The molecular weight excluding hydrogens is 212 g/mol. The molecular formula is C15H18O2. The summed E-state index contributed by atoms with van der Waals surface area (Å²) < 4.78 is 5.76. The molecule has 0 fully saturated rings. The first-order valence-corrected chi connectivity index (χ1v) is 5.42. The van der Waals surface area contributed by atoms with Crippen LogP contribution in [0.1, 0.15) is 19.4 Å². The first-order chi connectivity index (χ1) is 7.95. The molecule has 1 aromatic carbocycles. The molecule has 0 aliphatic heterocycles. The molecule has 17 heavy (non-hydrogen) atoms. The number of hydrogen-bond donors (Lipinski definition) is 1. The van der Waals surface area contributed by atoms with Crippen LogP contribution in [0.15, 0.2) is 54.3 Å². The Morgan fingerprint density at radius 1 is 1.35 bits per heavy atom. The standard InChI is InChI=1S/C15H18O2/c1-6-11(4)15(10(2)3)17-13-7-8-14(16)12(5)9-13/h6-9,16H,1-2H2,3-5H3. The summed E-state index contributed by atoms with van der Waals surface area (Å²) >= 11 is 0. The molecule has 0 bridgehead atoms. The van der Waals surface area contributed by atoms with Gasteiger partial charge in [-0.25, -0.2) is 0 Å². The molecule has 1 aromatic rings. The molecule has 0 aromatic heterocycles. The van der Waals surface area contributed by atoms with Crippen molar-refractivity contribution in [2.75, 3.05) is 0 Å². The van der Waals surface area contributed by atoms with Crippen LogP contribution in [0.3, 0.4) is 0 Å². The van der Waals surface area contributed by atoms with Gasteiger partial charge in [-0.05, 0) is 55.7 Å². The Labute approximate surface area is 103 Å². The molecule has 0 aliphatic carbocycles. The van der Waals surface area contributed by atoms with Crippen LogP contribution in [0, 0.1) is 6.92 Å². The van der Waals surface area contributed by atoms with Crippen LogP contribution >= 0.6 is 0 Å². The van der Waals surface area contributed by atoms with Gasteiger partial charge in [-0.1, -0.05) is 19.2 Å². The van der Waals surface area contributed by atoms with Crippen molar-refractivity contribution in [2.45, 2.75) is 20.8 Å². The average molecular weight is 230 g/mol. The second-order valence-electron chi connectivity index (χ2n) is 4.05. The predicted molar refractivity (Wildman–Crippen MR) is 71.2 cm³/mol. The quantitative estimate of drug-likeness (QED) is 0.623. The molecule has 90 valence electrons. The molecule has 0 saturated heterocycles. The van der Waals surface area contributed by atoms with Crippen LogP contribution in [0.5, 0.6) is 11.5 Å². The van der Waals surface area contributed by atoms with Crippen LogP contribution in [-0.2, 0) is 0 Å². The Kier molecular flexibility index (Phi) is 4.16. The molecule has 0 saturated carbocycles. The zero-order valence-corrected chi connectivity index (χ0v) is 10.6. The van der Waals surface area contributed by atoms with Crippen LogP contribution in [0.25, 0.3) is 0 Å². The van der Waals surface area contributed by atoms with Gasteiger partial charge in [-0.2, -0.15) is 0 Å². The van der Waals surface area contributed by atoms with Gasteiger partial charge in [-0.3, -0.25) is 0 Å². The van der Waals surface area contributed by atoms with E-state index in [1.54, 1.807) is 24.3 Å². The summed E-state index contributed by atoms with van der Waals surface area (Å²) in [5.41, 5.74) is 2.55. The fourth-order valence-corrected chi connectivity index (χ4v) is 1.41. The van der Waals surface area contributed by atoms with E-state index in [1.165, 1.54) is 0 Å². The maximum atomic E-state index is 9.44. The van der Waals surface area contributed by atoms with Crippen molar-refractivity contribution in [1.82, 2.24) is 0 Å². The van der Waals surface area contributed by atoms with Crippen molar-refractivity contribution in [3.63, 3.8) is 0 Å². The monoisotopic (exact) mass is 230 g/mol. The van der Waals surface area contributed by atoms with Gasteiger partial charge in [0.15, 0.2) is 0 Å². The summed E-state index contributed by atoms with van der Waals surface area (Å²) in [6.07, 6.45) is 1.73. The lowest BCUT2D eigenvalue weighted by atomic mass is 10.1. The van der Waals surface area contributed by atoms with Gasteiger partial charge in [0.1, 0.15) is 17.3 Å². The second-order valence-corrected chi connectivity index (χ2v) is 4.05. The highest BCUT2D eigenvalue weighted by Gasteiger charge is 2.06. The number of phenolic OH excluding ortho intramolecular Hbond substituents is 1. The fraction of sp³-hybridized carbons (Fsp3) is 0.200. The molecule has 0 radical (unpaired) electrons. The second kappa shape index (κ2) is 5.39. The normalized spacial score (nSPS) is 11.7. The molecule has 0 atom stereocenters. The largest absolute Gasteiger partial charge is 0.508 e. The smallest absolute Gasteiger partial charge is 0.132 e. The third kappa shape index (κ3) is 3.25. The zero-order valence-electron chi connectivity index (χ0n) is 10.6. The van der Waals surface area contributed by atoms with E-state index >= 15 is 0 Å². The summed E-state index contributed by atoms with van der Waals surface area (Å²) in [6, 6.07) is 5.13. The lowest BCUT2D eigenvalue weighted by Gasteiger charge is -2.13. The number of rotatable bonds is 4. The fourth-order valence-electron chi connectivity index (χ4n) is 1.41. The summed E-state index contributed by atoms with van der Waals surface area (Å²) in [4.78, 5) is 0. The van der Waals surface area contributed by atoms with Gasteiger partial charge >= 0.3 is 0 Å². The number of benzene rings is 1. The van der Waals surface area contributed by atoms with Crippen LogP contribution in [-0.4, -0.2) is 5.11 Å². The highest BCUT2D eigenvalue weighted by molar-refractivity contribution is 5.41. The van der Waals surface area contributed by atoms with Gasteiger partial charge in [0, 0.05) is 0 Å². The third-order valence-corrected chi connectivity index (χ3v) is 2.44. The van der Waals surface area contributed by atoms with E-state index in [0.717, 1.165) is 16.7 Å². The minimum Gasteiger partial charge on any atom is -0.508 e. The Balaban J connectivity index is 3.07. The van der Waals surface area contributed by atoms with Gasteiger partial charge < -0.3 is 9.84 Å². The number of phenols is 1. The third-order valence-electron chi connectivity index (χ3n) is 2.44. The SMILES string of the molecule is C=CC(C)=C(Oc1ccc(O)c(C)c1)C(=C)C. The molecule has 0 heterocycles. The molecule has 0 aliphatic rings. The summed E-state index contributed by atoms with van der Waals surface area (Å²) in [5, 5.41) is 9.44. The van der Waals surface area contributed by atoms with E-state index in [0.29, 0.717) is 11.5 Å². The Hall–Kier alpha value is -1.96. The Bertz CT molecular complexity index is 482. The highest BCUT2D eigenvalue weighted by Crippen LogP contribution is 2.25. The number of ether oxygens (including phenoxy) is 1. The van der Waals surface area contributed by atoms with E-state index in [4.69, 9.17) is 4.74 Å². The lowest BCUT2D eigenvalue weighted by Crippen LogP contribution is -1.99. The van der Waals surface area contributed by atoms with Crippen LogP contribution in [0.2, 0.25) is 0 Å². The van der Waals surface area contributed by atoms with Gasteiger partial charge in [-0.15, -0.1) is 0 Å². The Morgan fingerprint density at radius 3 is 2.47 bits per heavy atom. The topological polar surface area (TPSA) is 29.5 Å². The summed E-state index contributed by atoms with van der Waals surface area (Å²) in [6.45, 7) is 13.2. The summed E-state index contributed by atoms with van der Waals surface area (Å²) in [5.74, 6) is 1.66. The molecule has 0 unspecified atom stereocenters. The first kappa shape index (κ1) is 13.1. The molecule has 1 N–H and O–H groups in total. The summed E-state index contributed by atoms with van der Waals surface area (Å²) in [7, 11) is 0. The van der Waals surface area contributed by atoms with Crippen molar-refractivity contribution in [1.29, 1.82) is 0 Å². The van der Waals surface area contributed by atoms with Crippen molar-refractivity contribution in [3.05, 3.63) is 59.9 Å². The van der Waals surface area contributed by atoms with E-state index in [-0.39, 0.29) is 5.75 Å². The first-order valence-electron chi connectivity index (χ1n) is 5.42. The lowest BCUT2D eigenvalue weighted by molar-refractivity contribution is 0.427. The minimum atomic E-state index is 0.263. The molecule has 0 spiro atoms. The van der Waals surface area contributed by atoms with E-state index < -0.39 is 0 Å². The Morgan fingerprint density at radius 2 is 2.00 bits per heavy atom. The number of aromatic hydroxyl groups is 1. The van der Waals surface area contributed by atoms with Gasteiger partial charge in [0.25, 0.3) is 0 Å². The number of allylic oxidation sites excluding steroid dienone is 3. The maximum Gasteiger partial charge on any atom is 0.132 e. The van der Waals surface area contributed by atoms with Gasteiger partial charge in [0.2, 0.25) is 0 Å². The number of hydrogen-bond acceptors (Lipinski definition) is 2. The zero-order chi connectivity index (χ0) is 13.0. The average Bonchev–Trinajstić information content (AvgIpc) is 2.29.